The van der Waals surface area contributed by atoms with E-state index < -0.39 is 0 Å². The number of benzene rings is 1. The van der Waals surface area contributed by atoms with Gasteiger partial charge in [-0.05, 0) is 36.5 Å². The summed E-state index contributed by atoms with van der Waals surface area (Å²) in [6.07, 6.45) is 2.31. The van der Waals surface area contributed by atoms with Crippen LogP contribution >= 0.6 is 0 Å². The summed E-state index contributed by atoms with van der Waals surface area (Å²) in [5, 5.41) is 9.24. The number of hydrogen-bond donors (Lipinski definition) is 1. The van der Waals surface area contributed by atoms with Gasteiger partial charge in [0.1, 0.15) is 5.75 Å². The standard InChI is InChI=1S/C15H22N2O2/c1-12-4-3-9-17(10-12)15(19)16(2)11-13-5-7-14(18)8-6-13/h5-8,12,18H,3-4,9-11H2,1-2H3. The predicted molar refractivity (Wildman–Crippen MR) is 74.9 cm³/mol. The zero-order valence-corrected chi connectivity index (χ0v) is 11.7. The van der Waals surface area contributed by atoms with Gasteiger partial charge in [0.25, 0.3) is 0 Å². The number of urea groups is 1. The Bertz CT molecular complexity index is 430. The zero-order chi connectivity index (χ0) is 13.8. The van der Waals surface area contributed by atoms with Crippen molar-refractivity contribution < 1.29 is 9.90 Å². The van der Waals surface area contributed by atoms with Crippen LogP contribution in [0.25, 0.3) is 0 Å². The summed E-state index contributed by atoms with van der Waals surface area (Å²) in [7, 11) is 1.83. The van der Waals surface area contributed by atoms with Gasteiger partial charge < -0.3 is 14.9 Å². The minimum absolute atomic E-state index is 0.0969. The lowest BCUT2D eigenvalue weighted by atomic mass is 10.0. The first kappa shape index (κ1) is 13.7. The van der Waals surface area contributed by atoms with E-state index in [1.54, 1.807) is 17.0 Å². The van der Waals surface area contributed by atoms with E-state index in [1.165, 1.54) is 6.42 Å². The highest BCUT2D eigenvalue weighted by atomic mass is 16.3. The van der Waals surface area contributed by atoms with E-state index in [1.807, 2.05) is 24.1 Å². The van der Waals surface area contributed by atoms with Crippen LogP contribution in [0, 0.1) is 5.92 Å². The van der Waals surface area contributed by atoms with Crippen molar-refractivity contribution in [1.82, 2.24) is 9.80 Å². The summed E-state index contributed by atoms with van der Waals surface area (Å²) in [5.41, 5.74) is 1.03. The first-order chi connectivity index (χ1) is 9.06. The molecule has 1 aromatic carbocycles. The number of likely N-dealkylation sites (tertiary alicyclic amines) is 1. The van der Waals surface area contributed by atoms with E-state index in [0.29, 0.717) is 12.5 Å². The van der Waals surface area contributed by atoms with Crippen LogP contribution in [0.5, 0.6) is 5.75 Å². The van der Waals surface area contributed by atoms with Crippen molar-refractivity contribution in [3.63, 3.8) is 0 Å². The Hall–Kier alpha value is -1.71. The summed E-state index contributed by atoms with van der Waals surface area (Å²) < 4.78 is 0. The molecule has 1 N–H and O–H groups in total. The molecule has 1 aliphatic heterocycles. The molecule has 0 bridgehead atoms. The molecule has 19 heavy (non-hydrogen) atoms. The Labute approximate surface area is 114 Å². The monoisotopic (exact) mass is 262 g/mol. The first-order valence-electron chi connectivity index (χ1n) is 6.84. The molecule has 0 spiro atoms. The molecular formula is C15H22N2O2. The number of carbonyl (C=O) groups excluding carboxylic acids is 1. The van der Waals surface area contributed by atoms with Crippen LogP contribution < -0.4 is 0 Å². The van der Waals surface area contributed by atoms with Crippen molar-refractivity contribution in [1.29, 1.82) is 0 Å². The van der Waals surface area contributed by atoms with Crippen LogP contribution in [-0.2, 0) is 6.54 Å². The van der Waals surface area contributed by atoms with Crippen LogP contribution in [-0.4, -0.2) is 41.1 Å². The number of carbonyl (C=O) groups is 1. The molecule has 1 aromatic rings. The lowest BCUT2D eigenvalue weighted by Gasteiger charge is -2.34. The van der Waals surface area contributed by atoms with Crippen molar-refractivity contribution >= 4 is 6.03 Å². The van der Waals surface area contributed by atoms with Gasteiger partial charge in [0, 0.05) is 26.7 Å². The Kier molecular flexibility index (Phi) is 4.30. The van der Waals surface area contributed by atoms with Crippen molar-refractivity contribution in [3.8, 4) is 5.75 Å². The highest BCUT2D eigenvalue weighted by Crippen LogP contribution is 2.17. The molecule has 1 heterocycles. The van der Waals surface area contributed by atoms with Crippen LogP contribution in [0.2, 0.25) is 0 Å². The fraction of sp³-hybridized carbons (Fsp3) is 0.533. The summed E-state index contributed by atoms with van der Waals surface area (Å²) >= 11 is 0. The SMILES string of the molecule is CC1CCCN(C(=O)N(C)Cc2ccc(O)cc2)C1. The molecule has 1 atom stereocenters. The van der Waals surface area contributed by atoms with Crippen LogP contribution in [0.4, 0.5) is 4.79 Å². The van der Waals surface area contributed by atoms with E-state index in [4.69, 9.17) is 0 Å². The number of phenols is 1. The lowest BCUT2D eigenvalue weighted by Crippen LogP contribution is -2.45. The molecule has 0 aliphatic carbocycles. The number of piperidine rings is 1. The summed E-state index contributed by atoms with van der Waals surface area (Å²) in [5.74, 6) is 0.849. The van der Waals surface area contributed by atoms with Crippen molar-refractivity contribution in [2.45, 2.75) is 26.3 Å². The minimum atomic E-state index is 0.0969. The maximum atomic E-state index is 12.3. The maximum absolute atomic E-state index is 12.3. The maximum Gasteiger partial charge on any atom is 0.320 e. The zero-order valence-electron chi connectivity index (χ0n) is 11.7. The van der Waals surface area contributed by atoms with Gasteiger partial charge in [0.05, 0.1) is 0 Å². The molecule has 4 heteroatoms. The molecular weight excluding hydrogens is 240 g/mol. The van der Waals surface area contributed by atoms with Gasteiger partial charge in [-0.2, -0.15) is 0 Å². The lowest BCUT2D eigenvalue weighted by molar-refractivity contribution is 0.137. The smallest absolute Gasteiger partial charge is 0.320 e. The minimum Gasteiger partial charge on any atom is -0.508 e. The van der Waals surface area contributed by atoms with Crippen molar-refractivity contribution in [2.24, 2.45) is 5.92 Å². The molecule has 1 saturated heterocycles. The van der Waals surface area contributed by atoms with E-state index >= 15 is 0 Å². The van der Waals surface area contributed by atoms with Crippen LogP contribution in [0.3, 0.4) is 0 Å². The topological polar surface area (TPSA) is 43.8 Å². The quantitative estimate of drug-likeness (QED) is 0.890. The second-order valence-corrected chi connectivity index (χ2v) is 5.50. The fourth-order valence-electron chi connectivity index (χ4n) is 2.55. The summed E-state index contributed by atoms with van der Waals surface area (Å²) in [6.45, 7) is 4.49. The number of amides is 2. The molecule has 2 rings (SSSR count). The number of aromatic hydroxyl groups is 1. The van der Waals surface area contributed by atoms with Gasteiger partial charge in [0.15, 0.2) is 0 Å². The van der Waals surface area contributed by atoms with Gasteiger partial charge in [-0.1, -0.05) is 19.1 Å². The second kappa shape index (κ2) is 5.95. The Morgan fingerprint density at radius 3 is 2.74 bits per heavy atom. The normalized spacial score (nSPS) is 19.3. The van der Waals surface area contributed by atoms with Gasteiger partial charge in [-0.3, -0.25) is 0 Å². The largest absolute Gasteiger partial charge is 0.508 e. The van der Waals surface area contributed by atoms with Crippen LogP contribution in [0.15, 0.2) is 24.3 Å². The van der Waals surface area contributed by atoms with E-state index in [0.717, 1.165) is 25.1 Å². The summed E-state index contributed by atoms with van der Waals surface area (Å²) in [4.78, 5) is 16.0. The predicted octanol–water partition coefficient (Wildman–Crippen LogP) is 2.68. The molecule has 1 unspecified atom stereocenters. The van der Waals surface area contributed by atoms with Gasteiger partial charge in [0.2, 0.25) is 0 Å². The summed E-state index contributed by atoms with van der Waals surface area (Å²) in [6, 6.07) is 7.09. The van der Waals surface area contributed by atoms with Crippen molar-refractivity contribution in [3.05, 3.63) is 29.8 Å². The average molecular weight is 262 g/mol. The molecule has 1 aliphatic rings. The van der Waals surface area contributed by atoms with Crippen molar-refractivity contribution in [2.75, 3.05) is 20.1 Å². The van der Waals surface area contributed by atoms with E-state index in [9.17, 15) is 9.90 Å². The van der Waals surface area contributed by atoms with Gasteiger partial charge in [-0.25, -0.2) is 4.79 Å². The highest BCUT2D eigenvalue weighted by Gasteiger charge is 2.23. The molecule has 104 valence electrons. The number of rotatable bonds is 2. The number of phenolic OH excluding ortho intramolecular Hbond substituents is 1. The van der Waals surface area contributed by atoms with E-state index in [2.05, 4.69) is 6.92 Å². The third kappa shape index (κ3) is 3.63. The molecule has 4 nitrogen and oxygen atoms in total. The fourth-order valence-corrected chi connectivity index (χ4v) is 2.55. The van der Waals surface area contributed by atoms with Gasteiger partial charge >= 0.3 is 6.03 Å². The Balaban J connectivity index is 1.93. The molecule has 0 radical (unpaired) electrons. The molecule has 0 saturated carbocycles. The molecule has 0 aromatic heterocycles. The Morgan fingerprint density at radius 2 is 2.11 bits per heavy atom. The number of nitrogens with zero attached hydrogens (tertiary/aromatic N) is 2. The average Bonchev–Trinajstić information content (AvgIpc) is 2.40. The van der Waals surface area contributed by atoms with E-state index in [-0.39, 0.29) is 11.8 Å². The molecule has 2 amide bonds. The third-order valence-corrected chi connectivity index (χ3v) is 3.61. The highest BCUT2D eigenvalue weighted by molar-refractivity contribution is 5.74. The number of hydrogen-bond acceptors (Lipinski definition) is 2. The first-order valence-corrected chi connectivity index (χ1v) is 6.84. The third-order valence-electron chi connectivity index (χ3n) is 3.61. The Morgan fingerprint density at radius 1 is 1.42 bits per heavy atom. The second-order valence-electron chi connectivity index (χ2n) is 5.50. The molecule has 1 fully saturated rings. The van der Waals surface area contributed by atoms with Gasteiger partial charge in [-0.15, -0.1) is 0 Å². The van der Waals surface area contributed by atoms with Crippen LogP contribution in [0.1, 0.15) is 25.3 Å².